The van der Waals surface area contributed by atoms with Crippen LogP contribution >= 0.6 is 0 Å². The summed E-state index contributed by atoms with van der Waals surface area (Å²) in [6, 6.07) is 15.9. The number of methoxy groups -OCH3 is 1. The lowest BCUT2D eigenvalue weighted by Crippen LogP contribution is -2.45. The van der Waals surface area contributed by atoms with E-state index in [1.807, 2.05) is 54.6 Å². The maximum atomic E-state index is 11.9. The molecule has 2 N–H and O–H groups in total. The number of benzene rings is 2. The SMILES string of the molecule is COC(=O)C1=C(C)[C@@H](c2cccc(Oc3ccccc3)c2)NC(=O)N1. The zero-order valence-electron chi connectivity index (χ0n) is 13.9. The van der Waals surface area contributed by atoms with Gasteiger partial charge in [-0.05, 0) is 42.3 Å². The van der Waals surface area contributed by atoms with Gasteiger partial charge in [-0.2, -0.15) is 0 Å². The average Bonchev–Trinajstić information content (AvgIpc) is 2.63. The molecule has 0 bridgehead atoms. The highest BCUT2D eigenvalue weighted by atomic mass is 16.5. The van der Waals surface area contributed by atoms with Gasteiger partial charge in [-0.3, -0.25) is 0 Å². The molecule has 0 spiro atoms. The fourth-order valence-electron chi connectivity index (χ4n) is 2.66. The first-order chi connectivity index (χ1) is 12.1. The molecule has 128 valence electrons. The van der Waals surface area contributed by atoms with E-state index in [1.165, 1.54) is 7.11 Å². The third-order valence-electron chi connectivity index (χ3n) is 3.90. The van der Waals surface area contributed by atoms with Crippen molar-refractivity contribution in [2.75, 3.05) is 7.11 Å². The minimum Gasteiger partial charge on any atom is -0.464 e. The standard InChI is InChI=1S/C19H18N2O4/c1-12-16(20-19(23)21-17(12)18(22)24-2)13-7-6-10-15(11-13)25-14-8-4-3-5-9-14/h3-11,16H,1-2H3,(H2,20,21,23)/t16-/m0/s1. The van der Waals surface area contributed by atoms with Crippen LogP contribution in [0.15, 0.2) is 65.9 Å². The number of carbonyl (C=O) groups excluding carboxylic acids is 2. The van der Waals surface area contributed by atoms with E-state index in [1.54, 1.807) is 6.92 Å². The summed E-state index contributed by atoms with van der Waals surface area (Å²) in [6.45, 7) is 1.77. The zero-order valence-corrected chi connectivity index (χ0v) is 13.9. The number of hydrogen-bond donors (Lipinski definition) is 2. The van der Waals surface area contributed by atoms with Crippen LogP contribution in [0.3, 0.4) is 0 Å². The van der Waals surface area contributed by atoms with Crippen molar-refractivity contribution < 1.29 is 19.1 Å². The molecule has 6 nitrogen and oxygen atoms in total. The highest BCUT2D eigenvalue weighted by molar-refractivity contribution is 5.96. The van der Waals surface area contributed by atoms with E-state index >= 15 is 0 Å². The molecule has 0 unspecified atom stereocenters. The van der Waals surface area contributed by atoms with Gasteiger partial charge in [-0.1, -0.05) is 30.3 Å². The second-order valence-corrected chi connectivity index (χ2v) is 5.57. The lowest BCUT2D eigenvalue weighted by molar-refractivity contribution is -0.136. The van der Waals surface area contributed by atoms with Crippen LogP contribution in [-0.4, -0.2) is 19.1 Å². The monoisotopic (exact) mass is 338 g/mol. The molecule has 1 aliphatic heterocycles. The van der Waals surface area contributed by atoms with Crippen molar-refractivity contribution in [2.24, 2.45) is 0 Å². The Balaban J connectivity index is 1.91. The fourth-order valence-corrected chi connectivity index (χ4v) is 2.66. The van der Waals surface area contributed by atoms with Gasteiger partial charge in [0.1, 0.15) is 17.2 Å². The molecule has 2 aromatic carbocycles. The number of rotatable bonds is 4. The topological polar surface area (TPSA) is 76.7 Å². The summed E-state index contributed by atoms with van der Waals surface area (Å²) in [5, 5.41) is 5.31. The van der Waals surface area contributed by atoms with Gasteiger partial charge in [0.15, 0.2) is 0 Å². The Bertz CT molecular complexity index is 830. The molecule has 0 saturated heterocycles. The molecular formula is C19H18N2O4. The van der Waals surface area contributed by atoms with Crippen LogP contribution in [-0.2, 0) is 9.53 Å². The zero-order chi connectivity index (χ0) is 17.8. The maximum Gasteiger partial charge on any atom is 0.354 e. The maximum absolute atomic E-state index is 11.9. The third-order valence-corrected chi connectivity index (χ3v) is 3.90. The molecule has 0 fully saturated rings. The molecule has 0 aliphatic carbocycles. The van der Waals surface area contributed by atoms with E-state index in [4.69, 9.17) is 9.47 Å². The van der Waals surface area contributed by atoms with E-state index < -0.39 is 18.0 Å². The smallest absolute Gasteiger partial charge is 0.354 e. The van der Waals surface area contributed by atoms with Crippen molar-refractivity contribution in [3.8, 4) is 11.5 Å². The second-order valence-electron chi connectivity index (χ2n) is 5.57. The molecule has 2 aromatic rings. The normalized spacial score (nSPS) is 16.7. The number of nitrogens with one attached hydrogen (secondary N) is 2. The predicted octanol–water partition coefficient (Wildman–Crippen LogP) is 3.28. The van der Waals surface area contributed by atoms with Crippen molar-refractivity contribution in [3.05, 3.63) is 71.4 Å². The molecule has 6 heteroatoms. The van der Waals surface area contributed by atoms with Crippen molar-refractivity contribution in [1.82, 2.24) is 10.6 Å². The average molecular weight is 338 g/mol. The summed E-state index contributed by atoms with van der Waals surface area (Å²) in [6.07, 6.45) is 0. The fraction of sp³-hybridized carbons (Fsp3) is 0.158. The summed E-state index contributed by atoms with van der Waals surface area (Å²) in [5.41, 5.74) is 1.64. The first kappa shape index (κ1) is 16.6. The second kappa shape index (κ2) is 7.09. The van der Waals surface area contributed by atoms with Gasteiger partial charge in [-0.25, -0.2) is 9.59 Å². The number of amides is 2. The summed E-state index contributed by atoms with van der Waals surface area (Å²) in [5.74, 6) is 0.787. The van der Waals surface area contributed by atoms with E-state index in [0.717, 1.165) is 11.3 Å². The first-order valence-electron chi connectivity index (χ1n) is 7.78. The van der Waals surface area contributed by atoms with E-state index in [0.29, 0.717) is 11.3 Å². The Kier molecular flexibility index (Phi) is 4.70. The lowest BCUT2D eigenvalue weighted by Gasteiger charge is -2.27. The number of urea groups is 1. The molecule has 1 aliphatic rings. The third kappa shape index (κ3) is 3.63. The van der Waals surface area contributed by atoms with Crippen molar-refractivity contribution >= 4 is 12.0 Å². The number of para-hydroxylation sites is 1. The molecule has 0 radical (unpaired) electrons. The molecular weight excluding hydrogens is 320 g/mol. The Morgan fingerprint density at radius 1 is 1.04 bits per heavy atom. The minimum absolute atomic E-state index is 0.158. The number of carbonyl (C=O) groups is 2. The van der Waals surface area contributed by atoms with Gasteiger partial charge >= 0.3 is 12.0 Å². The van der Waals surface area contributed by atoms with Crippen LogP contribution in [0.1, 0.15) is 18.5 Å². The molecule has 1 heterocycles. The van der Waals surface area contributed by atoms with Crippen LogP contribution in [0, 0.1) is 0 Å². The minimum atomic E-state index is -0.575. The van der Waals surface area contributed by atoms with Crippen LogP contribution < -0.4 is 15.4 Å². The van der Waals surface area contributed by atoms with Crippen LogP contribution in [0.4, 0.5) is 4.79 Å². The summed E-state index contributed by atoms with van der Waals surface area (Å²) >= 11 is 0. The largest absolute Gasteiger partial charge is 0.464 e. The van der Waals surface area contributed by atoms with Gasteiger partial charge in [0.2, 0.25) is 0 Å². The summed E-state index contributed by atoms with van der Waals surface area (Å²) < 4.78 is 10.6. The molecule has 0 aromatic heterocycles. The molecule has 1 atom stereocenters. The van der Waals surface area contributed by atoms with Gasteiger partial charge in [0.05, 0.1) is 13.2 Å². The van der Waals surface area contributed by atoms with Gasteiger partial charge < -0.3 is 20.1 Å². The highest BCUT2D eigenvalue weighted by Gasteiger charge is 2.29. The molecule has 2 amide bonds. The van der Waals surface area contributed by atoms with Crippen LogP contribution in [0.5, 0.6) is 11.5 Å². The van der Waals surface area contributed by atoms with Crippen molar-refractivity contribution in [3.63, 3.8) is 0 Å². The molecule has 3 rings (SSSR count). The lowest BCUT2D eigenvalue weighted by atomic mass is 9.96. The van der Waals surface area contributed by atoms with Gasteiger partial charge in [-0.15, -0.1) is 0 Å². The number of esters is 1. The van der Waals surface area contributed by atoms with Crippen molar-refractivity contribution in [2.45, 2.75) is 13.0 Å². The Hall–Kier alpha value is -3.28. The summed E-state index contributed by atoms with van der Waals surface area (Å²) in [4.78, 5) is 23.8. The van der Waals surface area contributed by atoms with Crippen molar-refractivity contribution in [1.29, 1.82) is 0 Å². The quantitative estimate of drug-likeness (QED) is 0.839. The van der Waals surface area contributed by atoms with Crippen LogP contribution in [0.2, 0.25) is 0 Å². The Labute approximate surface area is 145 Å². The van der Waals surface area contributed by atoms with Gasteiger partial charge in [0, 0.05) is 0 Å². The predicted molar refractivity (Wildman–Crippen MR) is 92.1 cm³/mol. The van der Waals surface area contributed by atoms with E-state index in [2.05, 4.69) is 10.6 Å². The number of ether oxygens (including phenoxy) is 2. The Morgan fingerprint density at radius 3 is 2.48 bits per heavy atom. The first-order valence-corrected chi connectivity index (χ1v) is 7.78. The summed E-state index contributed by atoms with van der Waals surface area (Å²) in [7, 11) is 1.28. The van der Waals surface area contributed by atoms with Gasteiger partial charge in [0.25, 0.3) is 0 Å². The molecule has 0 saturated carbocycles. The van der Waals surface area contributed by atoms with E-state index in [9.17, 15) is 9.59 Å². The van der Waals surface area contributed by atoms with E-state index in [-0.39, 0.29) is 5.70 Å². The highest BCUT2D eigenvalue weighted by Crippen LogP contribution is 2.30. The van der Waals surface area contributed by atoms with Crippen LogP contribution in [0.25, 0.3) is 0 Å². The number of hydrogen-bond acceptors (Lipinski definition) is 4. The Morgan fingerprint density at radius 2 is 1.76 bits per heavy atom. The molecule has 25 heavy (non-hydrogen) atoms.